The first-order valence-corrected chi connectivity index (χ1v) is 17.3. The van der Waals surface area contributed by atoms with Crippen molar-refractivity contribution in [2.45, 2.75) is 43.8 Å². The van der Waals surface area contributed by atoms with Gasteiger partial charge < -0.3 is 25.8 Å². The van der Waals surface area contributed by atoms with Gasteiger partial charge >= 0.3 is 0 Å². The van der Waals surface area contributed by atoms with Gasteiger partial charge in [0.1, 0.15) is 22.1 Å². The smallest absolute Gasteiger partial charge is 0.223 e. The van der Waals surface area contributed by atoms with E-state index in [1.54, 1.807) is 6.33 Å². The van der Waals surface area contributed by atoms with Crippen molar-refractivity contribution in [3.05, 3.63) is 126 Å². The van der Waals surface area contributed by atoms with Crippen LogP contribution in [0.4, 0.5) is 11.4 Å². The van der Waals surface area contributed by atoms with Crippen molar-refractivity contribution in [3.63, 3.8) is 0 Å². The van der Waals surface area contributed by atoms with E-state index in [1.807, 2.05) is 77.4 Å². The standard InChI is InChI=1S/C38H38N12O2/c39-34(51)17-15-28-21-50(26-11-5-2-6-12-26)33(22-49(28)27-14-16-29-31(18-27)44-46-42-29)36(24-8-3-1-4-9-24)38-32(19-35(40)52)48(23-41-38)20-25-10-7-13-30-37(25)45-47-43-30/h1-14,16,18,23,28,33,36H,15,17,19-22H2,(H2,39,51)(H2,40,52)(H,42,44,46)(H,43,45,47). The Kier molecular flexibility index (Phi) is 8.77. The van der Waals surface area contributed by atoms with Crippen LogP contribution in [0, 0.1) is 0 Å². The molecule has 0 saturated carbocycles. The number of amides is 2. The van der Waals surface area contributed by atoms with E-state index < -0.39 is 5.91 Å². The summed E-state index contributed by atoms with van der Waals surface area (Å²) in [7, 11) is 0. The number of benzene rings is 4. The molecule has 0 aliphatic carbocycles. The molecule has 0 spiro atoms. The minimum Gasteiger partial charge on any atom is -0.370 e. The fourth-order valence-corrected chi connectivity index (χ4v) is 7.63. The fourth-order valence-electron chi connectivity index (χ4n) is 7.63. The molecule has 3 aromatic heterocycles. The molecule has 1 fully saturated rings. The van der Waals surface area contributed by atoms with Crippen LogP contribution in [-0.2, 0) is 22.6 Å². The van der Waals surface area contributed by atoms with Crippen molar-refractivity contribution in [2.24, 2.45) is 11.5 Å². The van der Waals surface area contributed by atoms with Gasteiger partial charge in [0.25, 0.3) is 0 Å². The molecule has 6 N–H and O–H groups in total. The molecule has 14 nitrogen and oxygen atoms in total. The number of imidazole rings is 1. The van der Waals surface area contributed by atoms with Crippen molar-refractivity contribution in [1.82, 2.24) is 40.4 Å². The van der Waals surface area contributed by atoms with Gasteiger partial charge in [-0.3, -0.25) is 9.59 Å². The number of anilines is 2. The topological polar surface area (TPSA) is 194 Å². The second kappa shape index (κ2) is 14.0. The van der Waals surface area contributed by atoms with Crippen molar-refractivity contribution < 1.29 is 9.59 Å². The first-order chi connectivity index (χ1) is 25.4. The molecule has 14 heteroatoms. The summed E-state index contributed by atoms with van der Waals surface area (Å²) in [6, 6.07) is 32.2. The van der Waals surface area contributed by atoms with Gasteiger partial charge in [-0.15, -0.1) is 0 Å². The molecule has 2 amide bonds. The molecule has 8 rings (SSSR count). The highest BCUT2D eigenvalue weighted by molar-refractivity contribution is 5.80. The lowest BCUT2D eigenvalue weighted by Crippen LogP contribution is -2.61. The molecule has 0 radical (unpaired) electrons. The monoisotopic (exact) mass is 694 g/mol. The molecule has 52 heavy (non-hydrogen) atoms. The highest BCUT2D eigenvalue weighted by atomic mass is 16.1. The molecule has 1 saturated heterocycles. The van der Waals surface area contributed by atoms with E-state index in [0.29, 0.717) is 26.1 Å². The maximum Gasteiger partial charge on any atom is 0.223 e. The van der Waals surface area contributed by atoms with Crippen molar-refractivity contribution in [1.29, 1.82) is 0 Å². The van der Waals surface area contributed by atoms with Crippen LogP contribution in [0.2, 0.25) is 0 Å². The number of nitrogens with one attached hydrogen (secondary N) is 2. The fraction of sp³-hybridized carbons (Fsp3) is 0.237. The molecule has 1 aliphatic heterocycles. The Balaban J connectivity index is 1.28. The van der Waals surface area contributed by atoms with Gasteiger partial charge in [-0.25, -0.2) is 4.98 Å². The Morgan fingerprint density at radius 2 is 1.50 bits per heavy atom. The van der Waals surface area contributed by atoms with E-state index in [-0.39, 0.29) is 36.8 Å². The Labute approximate surface area is 298 Å². The Morgan fingerprint density at radius 1 is 0.750 bits per heavy atom. The number of carbonyl (C=O) groups excluding carboxylic acids is 2. The second-order valence-electron chi connectivity index (χ2n) is 13.2. The van der Waals surface area contributed by atoms with Crippen LogP contribution in [0.3, 0.4) is 0 Å². The van der Waals surface area contributed by atoms with E-state index in [4.69, 9.17) is 16.5 Å². The number of hydrogen-bond acceptors (Lipinski definition) is 9. The van der Waals surface area contributed by atoms with Gasteiger partial charge in [0.2, 0.25) is 11.8 Å². The van der Waals surface area contributed by atoms with Crippen LogP contribution in [0.5, 0.6) is 0 Å². The number of carbonyl (C=O) groups is 2. The number of hydrogen-bond donors (Lipinski definition) is 4. The second-order valence-corrected chi connectivity index (χ2v) is 13.2. The lowest BCUT2D eigenvalue weighted by Gasteiger charge is -2.51. The van der Waals surface area contributed by atoms with Crippen molar-refractivity contribution >= 4 is 45.3 Å². The zero-order chi connectivity index (χ0) is 35.6. The van der Waals surface area contributed by atoms with Crippen molar-refractivity contribution in [3.8, 4) is 0 Å². The Morgan fingerprint density at radius 3 is 2.29 bits per heavy atom. The number of piperazine rings is 1. The van der Waals surface area contributed by atoms with E-state index in [9.17, 15) is 9.59 Å². The number of primary amides is 2. The minimum absolute atomic E-state index is 0.000701. The summed E-state index contributed by atoms with van der Waals surface area (Å²) >= 11 is 0. The zero-order valence-electron chi connectivity index (χ0n) is 28.3. The number of H-pyrrole nitrogens is 2. The number of aromatic nitrogens is 8. The SMILES string of the molecule is NC(=O)CCC1CN(c2ccccc2)C(C(c2ccccc2)c2ncn(Cc3cccc4n[nH]nc34)c2CC(N)=O)CN1c1ccc2n[nH]nc2c1. The number of aromatic amines is 2. The highest BCUT2D eigenvalue weighted by Crippen LogP contribution is 2.40. The summed E-state index contributed by atoms with van der Waals surface area (Å²) < 4.78 is 2.00. The normalized spacial score (nSPS) is 16.8. The van der Waals surface area contributed by atoms with Gasteiger partial charge in [0, 0.05) is 42.5 Å². The molecule has 4 heterocycles. The van der Waals surface area contributed by atoms with Gasteiger partial charge in [0.05, 0.1) is 42.6 Å². The van der Waals surface area contributed by atoms with Gasteiger partial charge in [-0.1, -0.05) is 60.7 Å². The molecular weight excluding hydrogens is 656 g/mol. The van der Waals surface area contributed by atoms with Crippen LogP contribution in [0.25, 0.3) is 22.1 Å². The molecule has 262 valence electrons. The molecule has 3 atom stereocenters. The summed E-state index contributed by atoms with van der Waals surface area (Å²) in [5, 5.41) is 22.7. The lowest BCUT2D eigenvalue weighted by atomic mass is 9.83. The summed E-state index contributed by atoms with van der Waals surface area (Å²) in [5.41, 5.74) is 20.2. The van der Waals surface area contributed by atoms with E-state index in [0.717, 1.165) is 56.0 Å². The van der Waals surface area contributed by atoms with Crippen LogP contribution < -0.4 is 21.3 Å². The van der Waals surface area contributed by atoms with Crippen LogP contribution in [0.15, 0.2) is 103 Å². The zero-order valence-corrected chi connectivity index (χ0v) is 28.3. The molecular formula is C38H38N12O2. The van der Waals surface area contributed by atoms with Crippen molar-refractivity contribution in [2.75, 3.05) is 22.9 Å². The summed E-state index contributed by atoms with van der Waals surface area (Å²) in [6.45, 7) is 1.58. The average molecular weight is 695 g/mol. The quantitative estimate of drug-likeness (QED) is 0.148. The molecule has 1 aliphatic rings. The molecule has 0 bridgehead atoms. The van der Waals surface area contributed by atoms with Gasteiger partial charge in [0.15, 0.2) is 0 Å². The average Bonchev–Trinajstić information content (AvgIpc) is 3.93. The van der Waals surface area contributed by atoms with Crippen LogP contribution >= 0.6 is 0 Å². The first-order valence-electron chi connectivity index (χ1n) is 17.3. The number of nitrogens with two attached hydrogens (primary N) is 2. The Bertz CT molecular complexity index is 2330. The molecule has 7 aromatic rings. The molecule has 4 aromatic carbocycles. The van der Waals surface area contributed by atoms with Crippen LogP contribution in [-0.4, -0.2) is 77.4 Å². The maximum absolute atomic E-state index is 12.8. The maximum atomic E-state index is 12.8. The summed E-state index contributed by atoms with van der Waals surface area (Å²) in [4.78, 5) is 34.8. The summed E-state index contributed by atoms with van der Waals surface area (Å²) in [5.74, 6) is -1.09. The number of nitrogens with zero attached hydrogens (tertiary/aromatic N) is 8. The Hall–Kier alpha value is -6.57. The number of para-hydroxylation sites is 2. The van der Waals surface area contributed by atoms with Gasteiger partial charge in [-0.05, 0) is 48.4 Å². The van der Waals surface area contributed by atoms with Crippen LogP contribution in [0.1, 0.15) is 41.3 Å². The first kappa shape index (κ1) is 32.6. The predicted octanol–water partition coefficient (Wildman–Crippen LogP) is 3.66. The third kappa shape index (κ3) is 6.41. The third-order valence-electron chi connectivity index (χ3n) is 10.0. The predicted molar refractivity (Wildman–Crippen MR) is 197 cm³/mol. The lowest BCUT2D eigenvalue weighted by molar-refractivity contribution is -0.118. The van der Waals surface area contributed by atoms with E-state index in [2.05, 4.69) is 64.9 Å². The third-order valence-corrected chi connectivity index (χ3v) is 10.0. The largest absolute Gasteiger partial charge is 0.370 e. The van der Waals surface area contributed by atoms with E-state index >= 15 is 0 Å². The van der Waals surface area contributed by atoms with Gasteiger partial charge in [-0.2, -0.15) is 30.8 Å². The highest BCUT2D eigenvalue weighted by Gasteiger charge is 2.41. The number of rotatable bonds is 12. The molecule has 3 unspecified atom stereocenters. The number of fused-ring (bicyclic) bond motifs is 2. The minimum atomic E-state index is -0.452. The van der Waals surface area contributed by atoms with E-state index in [1.165, 1.54) is 0 Å². The summed E-state index contributed by atoms with van der Waals surface area (Å²) in [6.07, 6.45) is 2.60.